The maximum Gasteiger partial charge on any atom is 0.270 e. The van der Waals surface area contributed by atoms with E-state index in [-0.39, 0.29) is 29.4 Å². The highest BCUT2D eigenvalue weighted by atomic mass is 35.5. The minimum Gasteiger partial charge on any atom is -0.438 e. The lowest BCUT2D eigenvalue weighted by atomic mass is 10.0. The van der Waals surface area contributed by atoms with Crippen LogP contribution in [0, 0.1) is 15.9 Å². The van der Waals surface area contributed by atoms with Crippen molar-refractivity contribution in [2.45, 2.75) is 19.1 Å². The fraction of sp³-hybridized carbons (Fsp3) is 0.0882. The number of nitrogens with zero attached hydrogens (tertiary/aromatic N) is 4. The van der Waals surface area contributed by atoms with Crippen LogP contribution in [0.1, 0.15) is 22.8 Å². The molecule has 0 amide bonds. The molecule has 2 aromatic heterocycles. The Labute approximate surface area is 256 Å². The Morgan fingerprint density at radius 3 is 2.64 bits per heavy atom. The second-order valence-electron chi connectivity index (χ2n) is 10.2. The number of benzene rings is 4. The predicted molar refractivity (Wildman–Crippen MR) is 164 cm³/mol. The summed E-state index contributed by atoms with van der Waals surface area (Å²) in [4.78, 5) is 20.0. The Morgan fingerprint density at radius 1 is 1.00 bits per heavy atom. The molecule has 2 heterocycles. The first-order chi connectivity index (χ1) is 21.3. The zero-order valence-corrected chi connectivity index (χ0v) is 23.9. The quantitative estimate of drug-likeness (QED) is 0.104. The van der Waals surface area contributed by atoms with Gasteiger partial charge in [0.25, 0.3) is 5.69 Å². The van der Waals surface area contributed by atoms with Gasteiger partial charge in [0.15, 0.2) is 18.9 Å². The van der Waals surface area contributed by atoms with Crippen LogP contribution in [0.2, 0.25) is 5.02 Å². The Kier molecular flexibility index (Phi) is 8.23. The summed E-state index contributed by atoms with van der Waals surface area (Å²) < 4.78 is 22.6. The molecule has 6 rings (SSSR count). The van der Waals surface area contributed by atoms with Crippen LogP contribution in [-0.4, -0.2) is 20.0 Å². The molecule has 0 saturated heterocycles. The number of aromatic nitrogens is 3. The number of hydrogen-bond acceptors (Lipinski definition) is 6. The monoisotopic (exact) mass is 607 g/mol. The smallest absolute Gasteiger partial charge is 0.270 e. The standard InChI is InChI=1S/C34H25ClFN4O4/c35-26-8-4-7-23(17-26)31-20-39(14-13-37-31)21-32(41)29-19-27(36)9-12-33(29)44-34-25(15-22-5-2-1-3-6-22)16-24-18-28(40(42)43)10-11-30(24)38-34/h1-14,16-20,32,41H,15,21H2/q+1. The van der Waals surface area contributed by atoms with Crippen molar-refractivity contribution in [1.29, 1.82) is 0 Å². The number of pyridine rings is 1. The van der Waals surface area contributed by atoms with Gasteiger partial charge < -0.3 is 9.84 Å². The number of fused-ring (bicyclic) bond motifs is 1. The topological polar surface area (TPSA) is 102 Å². The minimum absolute atomic E-state index is 0.0466. The van der Waals surface area contributed by atoms with Gasteiger partial charge in [-0.1, -0.05) is 54.1 Å². The zero-order chi connectivity index (χ0) is 30.6. The number of nitro benzene ring substituents is 1. The third-order valence-corrected chi connectivity index (χ3v) is 7.32. The summed E-state index contributed by atoms with van der Waals surface area (Å²) in [5, 5.41) is 23.9. The molecule has 0 aliphatic carbocycles. The number of ether oxygens (including phenoxy) is 1. The molecule has 218 valence electrons. The summed E-state index contributed by atoms with van der Waals surface area (Å²) in [5.41, 5.74) is 3.80. The number of hydrogen-bond donors (Lipinski definition) is 1. The van der Waals surface area contributed by atoms with Gasteiger partial charge in [-0.05, 0) is 48.0 Å². The number of aliphatic hydroxyl groups is 1. The molecule has 4 aromatic carbocycles. The summed E-state index contributed by atoms with van der Waals surface area (Å²) in [6.07, 6.45) is 4.38. The molecule has 1 unspecified atom stereocenters. The largest absolute Gasteiger partial charge is 0.438 e. The molecule has 1 N–H and O–H groups in total. The van der Waals surface area contributed by atoms with Gasteiger partial charge in [-0.2, -0.15) is 4.57 Å². The van der Waals surface area contributed by atoms with E-state index in [0.717, 1.165) is 11.1 Å². The van der Waals surface area contributed by atoms with Gasteiger partial charge in [0.05, 0.1) is 16.6 Å². The fourth-order valence-corrected chi connectivity index (χ4v) is 5.14. The van der Waals surface area contributed by atoms with Gasteiger partial charge in [0.1, 0.15) is 23.4 Å². The summed E-state index contributed by atoms with van der Waals surface area (Å²) in [5.74, 6) is -0.0594. The summed E-state index contributed by atoms with van der Waals surface area (Å²) in [7, 11) is 0. The second kappa shape index (κ2) is 12.5. The maximum absolute atomic E-state index is 14.5. The molecule has 0 bridgehead atoms. The molecule has 0 saturated carbocycles. The van der Waals surface area contributed by atoms with E-state index in [1.54, 1.807) is 41.4 Å². The molecule has 44 heavy (non-hydrogen) atoms. The van der Waals surface area contributed by atoms with Crippen molar-refractivity contribution in [1.82, 2.24) is 9.97 Å². The lowest BCUT2D eigenvalue weighted by Crippen LogP contribution is -2.36. The van der Waals surface area contributed by atoms with Crippen LogP contribution in [0.15, 0.2) is 116 Å². The second-order valence-corrected chi connectivity index (χ2v) is 10.6. The maximum atomic E-state index is 14.5. The highest BCUT2D eigenvalue weighted by Crippen LogP contribution is 2.34. The van der Waals surface area contributed by atoms with Crippen molar-refractivity contribution >= 4 is 28.2 Å². The summed E-state index contributed by atoms with van der Waals surface area (Å²) in [6.45, 7) is 0.0849. The van der Waals surface area contributed by atoms with Crippen LogP contribution in [0.5, 0.6) is 11.6 Å². The number of nitro groups is 1. The molecular formula is C34H25ClFN4O4+. The van der Waals surface area contributed by atoms with E-state index in [1.807, 2.05) is 48.5 Å². The van der Waals surface area contributed by atoms with Gasteiger partial charge >= 0.3 is 0 Å². The Balaban J connectivity index is 1.35. The molecule has 0 radical (unpaired) electrons. The number of rotatable bonds is 9. The summed E-state index contributed by atoms with van der Waals surface area (Å²) >= 11 is 6.15. The van der Waals surface area contributed by atoms with Crippen molar-refractivity contribution in [3.63, 3.8) is 0 Å². The third-order valence-electron chi connectivity index (χ3n) is 7.09. The minimum atomic E-state index is -1.15. The highest BCUT2D eigenvalue weighted by Gasteiger charge is 2.22. The first kappa shape index (κ1) is 28.9. The van der Waals surface area contributed by atoms with Crippen LogP contribution in [0.25, 0.3) is 22.2 Å². The average Bonchev–Trinajstić information content (AvgIpc) is 3.02. The fourth-order valence-electron chi connectivity index (χ4n) is 4.95. The van der Waals surface area contributed by atoms with Crippen molar-refractivity contribution in [3.8, 4) is 22.9 Å². The van der Waals surface area contributed by atoms with Gasteiger partial charge in [0, 0.05) is 45.7 Å². The lowest BCUT2D eigenvalue weighted by Gasteiger charge is -2.17. The molecule has 0 aliphatic heterocycles. The van der Waals surface area contributed by atoms with Crippen molar-refractivity contribution in [3.05, 3.63) is 153 Å². The SMILES string of the molecule is O=[N+]([O-])c1ccc2nc(Oc3ccc(F)cc3C(O)C[n+]3ccnc(-c4cccc(Cl)c4)c3)c(Cc3ccccc3)cc2c1. The Bertz CT molecular complexity index is 1990. The van der Waals surface area contributed by atoms with E-state index >= 15 is 0 Å². The van der Waals surface area contributed by atoms with Crippen molar-refractivity contribution in [2.24, 2.45) is 0 Å². The Morgan fingerprint density at radius 2 is 1.84 bits per heavy atom. The zero-order valence-electron chi connectivity index (χ0n) is 23.2. The van der Waals surface area contributed by atoms with Gasteiger partial charge in [-0.25, -0.2) is 14.4 Å². The number of aliphatic hydroxyl groups excluding tert-OH is 1. The molecule has 1 atom stereocenters. The summed E-state index contributed by atoms with van der Waals surface area (Å²) in [6, 6.07) is 27.1. The van der Waals surface area contributed by atoms with Crippen LogP contribution >= 0.6 is 11.6 Å². The van der Waals surface area contributed by atoms with Gasteiger partial charge in [-0.15, -0.1) is 0 Å². The van der Waals surface area contributed by atoms with Crippen molar-refractivity contribution < 1.29 is 23.7 Å². The van der Waals surface area contributed by atoms with Crippen LogP contribution in [0.4, 0.5) is 10.1 Å². The third kappa shape index (κ3) is 6.54. The van der Waals surface area contributed by atoms with Crippen LogP contribution in [-0.2, 0) is 13.0 Å². The first-order valence-corrected chi connectivity index (χ1v) is 14.1. The number of non-ortho nitro benzene ring substituents is 1. The van der Waals surface area contributed by atoms with E-state index in [1.165, 1.54) is 30.3 Å². The van der Waals surface area contributed by atoms with E-state index in [4.69, 9.17) is 16.3 Å². The van der Waals surface area contributed by atoms with E-state index < -0.39 is 16.8 Å². The Hall–Kier alpha value is -5.25. The van der Waals surface area contributed by atoms with Gasteiger partial charge in [-0.3, -0.25) is 10.1 Å². The van der Waals surface area contributed by atoms with Crippen LogP contribution in [0.3, 0.4) is 0 Å². The van der Waals surface area contributed by atoms with E-state index in [2.05, 4.69) is 9.97 Å². The van der Waals surface area contributed by atoms with Gasteiger partial charge in [0.2, 0.25) is 5.88 Å². The molecular weight excluding hydrogens is 583 g/mol. The van der Waals surface area contributed by atoms with E-state index in [0.29, 0.717) is 33.6 Å². The first-order valence-electron chi connectivity index (χ1n) is 13.7. The van der Waals surface area contributed by atoms with E-state index in [9.17, 15) is 19.6 Å². The van der Waals surface area contributed by atoms with Crippen molar-refractivity contribution in [2.75, 3.05) is 0 Å². The molecule has 0 aliphatic rings. The lowest BCUT2D eigenvalue weighted by molar-refractivity contribution is -0.704. The van der Waals surface area contributed by atoms with Crippen LogP contribution < -0.4 is 9.30 Å². The average molecular weight is 608 g/mol. The molecule has 10 heteroatoms. The molecule has 8 nitrogen and oxygen atoms in total. The molecule has 0 fully saturated rings. The predicted octanol–water partition coefficient (Wildman–Crippen LogP) is 7.40. The normalized spacial score (nSPS) is 11.8. The highest BCUT2D eigenvalue weighted by molar-refractivity contribution is 6.30. The molecule has 0 spiro atoms. The number of halogens is 2. The molecule has 6 aromatic rings.